The first-order chi connectivity index (χ1) is 17.9. The number of methoxy groups -OCH3 is 2. The monoisotopic (exact) mass is 507 g/mol. The van der Waals surface area contributed by atoms with Crippen LogP contribution in [0.2, 0.25) is 0 Å². The lowest BCUT2D eigenvalue weighted by Crippen LogP contribution is -2.44. The van der Waals surface area contributed by atoms with Crippen molar-refractivity contribution in [1.82, 2.24) is 15.1 Å². The Hall–Kier alpha value is -4.18. The number of hydrogen-bond donors (Lipinski definition) is 2. The van der Waals surface area contributed by atoms with Crippen LogP contribution in [0.25, 0.3) is 22.0 Å². The minimum Gasteiger partial charge on any atom is -0.494 e. The number of likely N-dealkylation sites (N-methyl/N-ethyl adjacent to an activating group) is 1. The highest BCUT2D eigenvalue weighted by Crippen LogP contribution is 2.38. The molecular weight excluding hydrogens is 480 g/mol. The predicted octanol–water partition coefficient (Wildman–Crippen LogP) is 4.53. The van der Waals surface area contributed by atoms with E-state index >= 15 is 0 Å². The molecule has 0 unspecified atom stereocenters. The smallest absolute Gasteiger partial charge is 0.276 e. The van der Waals surface area contributed by atoms with Crippen molar-refractivity contribution in [2.75, 3.05) is 57.7 Å². The topological polar surface area (TPSA) is 82.7 Å². The highest BCUT2D eigenvalue weighted by atomic mass is 19.1. The maximum absolute atomic E-state index is 15.0. The van der Waals surface area contributed by atoms with E-state index in [4.69, 9.17) is 9.47 Å². The van der Waals surface area contributed by atoms with Crippen molar-refractivity contribution in [3.8, 4) is 22.6 Å². The summed E-state index contributed by atoms with van der Waals surface area (Å²) in [7, 11) is 4.70. The van der Waals surface area contributed by atoms with Crippen molar-refractivity contribution in [1.29, 1.82) is 0 Å². The summed E-state index contributed by atoms with van der Waals surface area (Å²) in [6.07, 6.45) is 0. The third kappa shape index (κ3) is 4.67. The van der Waals surface area contributed by atoms with Crippen molar-refractivity contribution in [2.45, 2.75) is 0 Å². The fourth-order valence-electron chi connectivity index (χ4n) is 4.50. The van der Waals surface area contributed by atoms with Gasteiger partial charge in [0, 0.05) is 49.0 Å². The maximum Gasteiger partial charge on any atom is 0.276 e. The average molecular weight is 508 g/mol. The Morgan fingerprint density at radius 3 is 2.22 bits per heavy atom. The summed E-state index contributed by atoms with van der Waals surface area (Å²) in [5, 5.41) is 10.3. The van der Waals surface area contributed by atoms with Gasteiger partial charge in [-0.1, -0.05) is 6.07 Å². The minimum atomic E-state index is -0.849. The predicted molar refractivity (Wildman–Crippen MR) is 139 cm³/mol. The number of rotatable bonds is 6. The number of aromatic nitrogens is 2. The second-order valence-electron chi connectivity index (χ2n) is 8.91. The molecule has 0 radical (unpaired) electrons. The molecule has 1 aliphatic heterocycles. The number of halogens is 2. The van der Waals surface area contributed by atoms with Crippen LogP contribution in [0.4, 0.5) is 20.2 Å². The van der Waals surface area contributed by atoms with E-state index < -0.39 is 17.5 Å². The SMILES string of the molecule is COc1cc(OC)c(F)c(-c2ccc3c(C(=O)Nc4ccc(N5CCN(C)CC5)cc4)n[nH]c3c2)c1F. The number of fused-ring (bicyclic) bond motifs is 1. The van der Waals surface area contributed by atoms with Crippen LogP contribution in [0.1, 0.15) is 10.5 Å². The van der Waals surface area contributed by atoms with Gasteiger partial charge in [-0.05, 0) is 49.0 Å². The standard InChI is InChI=1S/C27H27F2N5O3/c1-33-10-12-34(13-11-33)18-7-5-17(6-8-18)30-27(35)26-19-9-4-16(14-20(19)31-32-26)23-24(28)21(36-2)15-22(37-3)25(23)29/h4-9,14-15H,10-13H2,1-3H3,(H,30,35)(H,31,32). The molecule has 5 rings (SSSR count). The molecule has 0 spiro atoms. The Kier molecular flexibility index (Phi) is 6.66. The fraction of sp³-hybridized carbons (Fsp3) is 0.259. The number of carbonyl (C=O) groups excluding carboxylic acids is 1. The summed E-state index contributed by atoms with van der Waals surface area (Å²) >= 11 is 0. The molecule has 1 amide bonds. The lowest BCUT2D eigenvalue weighted by atomic mass is 10.0. The molecule has 8 nitrogen and oxygen atoms in total. The van der Waals surface area contributed by atoms with Gasteiger partial charge in [0.05, 0.1) is 25.3 Å². The first-order valence-corrected chi connectivity index (χ1v) is 11.8. The summed E-state index contributed by atoms with van der Waals surface area (Å²) in [5.74, 6) is -2.38. The van der Waals surface area contributed by atoms with Gasteiger partial charge in [0.15, 0.2) is 28.8 Å². The number of hydrogen-bond acceptors (Lipinski definition) is 6. The number of carbonyl (C=O) groups is 1. The van der Waals surface area contributed by atoms with Gasteiger partial charge in [-0.25, -0.2) is 8.78 Å². The molecular formula is C27H27F2N5O3. The summed E-state index contributed by atoms with van der Waals surface area (Å²) in [6, 6.07) is 13.5. The number of piperazine rings is 1. The van der Waals surface area contributed by atoms with Crippen LogP contribution in [0, 0.1) is 11.6 Å². The first-order valence-electron chi connectivity index (χ1n) is 11.8. The summed E-state index contributed by atoms with van der Waals surface area (Å²) in [5.41, 5.74) is 2.33. The number of nitrogens with zero attached hydrogens (tertiary/aromatic N) is 3. The Balaban J connectivity index is 1.38. The second kappa shape index (κ2) is 10.1. The van der Waals surface area contributed by atoms with Crippen LogP contribution in [-0.4, -0.2) is 68.5 Å². The first kappa shape index (κ1) is 24.5. The molecule has 0 aliphatic carbocycles. The van der Waals surface area contributed by atoms with E-state index in [9.17, 15) is 13.6 Å². The quantitative estimate of drug-likeness (QED) is 0.399. The van der Waals surface area contributed by atoms with Gasteiger partial charge in [0.25, 0.3) is 5.91 Å². The van der Waals surface area contributed by atoms with Crippen molar-refractivity contribution in [3.63, 3.8) is 0 Å². The molecule has 4 aromatic rings. The van der Waals surface area contributed by atoms with Crippen molar-refractivity contribution in [2.24, 2.45) is 0 Å². The van der Waals surface area contributed by atoms with Crippen molar-refractivity contribution in [3.05, 3.63) is 65.9 Å². The number of benzene rings is 3. The highest BCUT2D eigenvalue weighted by Gasteiger charge is 2.23. The fourth-order valence-corrected chi connectivity index (χ4v) is 4.50. The van der Waals surface area contributed by atoms with E-state index in [1.165, 1.54) is 26.4 Å². The Labute approximate surface area is 212 Å². The largest absolute Gasteiger partial charge is 0.494 e. The summed E-state index contributed by atoms with van der Waals surface area (Å²) in [6.45, 7) is 3.94. The number of anilines is 2. The number of H-pyrrole nitrogens is 1. The molecule has 1 saturated heterocycles. The molecule has 1 fully saturated rings. The van der Waals surface area contributed by atoms with Crippen LogP contribution in [-0.2, 0) is 0 Å². The lowest BCUT2D eigenvalue weighted by molar-refractivity contribution is 0.102. The van der Waals surface area contributed by atoms with Crippen molar-refractivity contribution < 1.29 is 23.0 Å². The van der Waals surface area contributed by atoms with Gasteiger partial charge in [0.1, 0.15) is 0 Å². The van der Waals surface area contributed by atoms with Crippen LogP contribution in [0.3, 0.4) is 0 Å². The zero-order valence-electron chi connectivity index (χ0n) is 20.8. The zero-order valence-corrected chi connectivity index (χ0v) is 20.8. The van der Waals surface area contributed by atoms with Gasteiger partial charge in [-0.3, -0.25) is 9.89 Å². The number of amides is 1. The number of ether oxygens (including phenoxy) is 2. The lowest BCUT2D eigenvalue weighted by Gasteiger charge is -2.34. The summed E-state index contributed by atoms with van der Waals surface area (Å²) in [4.78, 5) is 17.6. The normalized spacial score (nSPS) is 14.1. The van der Waals surface area contributed by atoms with Crippen LogP contribution < -0.4 is 19.7 Å². The second-order valence-corrected chi connectivity index (χ2v) is 8.91. The van der Waals surface area contributed by atoms with Crippen LogP contribution in [0.5, 0.6) is 11.5 Å². The van der Waals surface area contributed by atoms with Gasteiger partial charge in [-0.15, -0.1) is 0 Å². The molecule has 192 valence electrons. The maximum atomic E-state index is 15.0. The third-order valence-electron chi connectivity index (χ3n) is 6.63. The molecule has 0 saturated carbocycles. The van der Waals surface area contributed by atoms with E-state index in [1.54, 1.807) is 6.07 Å². The van der Waals surface area contributed by atoms with E-state index in [0.29, 0.717) is 16.6 Å². The average Bonchev–Trinajstić information content (AvgIpc) is 3.33. The Bertz CT molecular complexity index is 1420. The summed E-state index contributed by atoms with van der Waals surface area (Å²) < 4.78 is 40.0. The number of nitrogens with one attached hydrogen (secondary N) is 2. The molecule has 1 aliphatic rings. The van der Waals surface area contributed by atoms with Gasteiger partial charge >= 0.3 is 0 Å². The molecule has 37 heavy (non-hydrogen) atoms. The van der Waals surface area contributed by atoms with E-state index in [2.05, 4.69) is 32.4 Å². The Morgan fingerprint density at radius 1 is 0.946 bits per heavy atom. The molecule has 1 aromatic heterocycles. The van der Waals surface area contributed by atoms with E-state index in [1.807, 2.05) is 24.3 Å². The Morgan fingerprint density at radius 2 is 1.59 bits per heavy atom. The van der Waals surface area contributed by atoms with Crippen molar-refractivity contribution >= 4 is 28.2 Å². The molecule has 2 heterocycles. The molecule has 10 heteroatoms. The van der Waals surface area contributed by atoms with Crippen LogP contribution in [0.15, 0.2) is 48.5 Å². The molecule has 0 atom stereocenters. The molecule has 2 N–H and O–H groups in total. The van der Waals surface area contributed by atoms with E-state index in [-0.39, 0.29) is 28.3 Å². The van der Waals surface area contributed by atoms with E-state index in [0.717, 1.165) is 37.9 Å². The third-order valence-corrected chi connectivity index (χ3v) is 6.63. The molecule has 0 bridgehead atoms. The number of aromatic amines is 1. The van der Waals surface area contributed by atoms with Gasteiger partial charge in [0.2, 0.25) is 0 Å². The van der Waals surface area contributed by atoms with Gasteiger partial charge in [-0.2, -0.15) is 5.10 Å². The van der Waals surface area contributed by atoms with Crippen LogP contribution >= 0.6 is 0 Å². The zero-order chi connectivity index (χ0) is 26.1. The highest BCUT2D eigenvalue weighted by molar-refractivity contribution is 6.11. The van der Waals surface area contributed by atoms with Gasteiger partial charge < -0.3 is 24.6 Å². The minimum absolute atomic E-state index is 0.142. The molecule has 3 aromatic carbocycles.